The van der Waals surface area contributed by atoms with Crippen LogP contribution in [0.25, 0.3) is 0 Å². The summed E-state index contributed by atoms with van der Waals surface area (Å²) < 4.78 is 5.43. The van der Waals surface area contributed by atoms with Crippen molar-refractivity contribution in [2.24, 2.45) is 0 Å². The molecule has 3 aromatic rings. The van der Waals surface area contributed by atoms with E-state index >= 15 is 0 Å². The zero-order valence-electron chi connectivity index (χ0n) is 16.3. The van der Waals surface area contributed by atoms with Gasteiger partial charge in [0, 0.05) is 10.7 Å². The summed E-state index contributed by atoms with van der Waals surface area (Å²) in [4.78, 5) is 27.8. The Morgan fingerprint density at radius 3 is 2.53 bits per heavy atom. The first-order valence-corrected chi connectivity index (χ1v) is 10.3. The molecule has 5 rings (SSSR count). The average Bonchev–Trinajstić information content (AvgIpc) is 3.25. The number of halogens is 1. The fourth-order valence-corrected chi connectivity index (χ4v) is 4.85. The number of esters is 1. The van der Waals surface area contributed by atoms with Gasteiger partial charge in [-0.2, -0.15) is 0 Å². The van der Waals surface area contributed by atoms with Crippen molar-refractivity contribution < 1.29 is 14.3 Å². The second-order valence-electron chi connectivity index (χ2n) is 7.90. The largest absolute Gasteiger partial charge is 0.459 e. The second kappa shape index (κ2) is 7.29. The number of ether oxygens (including phenoxy) is 1. The number of anilines is 1. The Bertz CT molecular complexity index is 1140. The molecule has 3 aromatic carbocycles. The van der Waals surface area contributed by atoms with Gasteiger partial charge in [0.05, 0.1) is 5.41 Å². The maximum atomic E-state index is 13.6. The van der Waals surface area contributed by atoms with Crippen LogP contribution < -0.4 is 4.90 Å². The molecule has 1 aliphatic carbocycles. The van der Waals surface area contributed by atoms with Crippen LogP contribution >= 0.6 is 11.6 Å². The summed E-state index contributed by atoms with van der Waals surface area (Å²) in [6.45, 7) is 0.0972. The molecule has 1 aliphatic heterocycles. The number of carbonyl (C=O) groups excluding carboxylic acids is 2. The van der Waals surface area contributed by atoms with Crippen molar-refractivity contribution in [3.63, 3.8) is 0 Å². The van der Waals surface area contributed by atoms with Gasteiger partial charge >= 0.3 is 5.97 Å². The number of fused-ring (bicyclic) bond motifs is 3. The van der Waals surface area contributed by atoms with Crippen LogP contribution in [0.15, 0.2) is 72.8 Å². The Kier molecular flexibility index (Phi) is 4.59. The summed E-state index contributed by atoms with van der Waals surface area (Å²) in [7, 11) is 0. The number of benzene rings is 3. The van der Waals surface area contributed by atoms with Crippen LogP contribution in [0.2, 0.25) is 5.02 Å². The highest BCUT2D eigenvalue weighted by Crippen LogP contribution is 2.50. The van der Waals surface area contributed by atoms with Gasteiger partial charge in [0.25, 0.3) is 0 Å². The van der Waals surface area contributed by atoms with Gasteiger partial charge < -0.3 is 9.64 Å². The van der Waals surface area contributed by atoms with E-state index < -0.39 is 11.4 Å². The van der Waals surface area contributed by atoms with Crippen LogP contribution in [-0.4, -0.2) is 18.4 Å². The fraction of sp³-hybridized carbons (Fsp3) is 0.200. The molecule has 0 N–H and O–H groups in total. The van der Waals surface area contributed by atoms with E-state index in [-0.39, 0.29) is 19.1 Å². The Labute approximate surface area is 180 Å². The second-order valence-corrected chi connectivity index (χ2v) is 8.34. The Hall–Kier alpha value is -3.11. The minimum atomic E-state index is -0.677. The maximum absolute atomic E-state index is 13.6. The topological polar surface area (TPSA) is 46.6 Å². The molecule has 1 spiro atoms. The van der Waals surface area contributed by atoms with E-state index in [1.165, 1.54) is 0 Å². The summed E-state index contributed by atoms with van der Waals surface area (Å²) in [6, 6.07) is 23.1. The number of nitrogens with zero attached hydrogens (tertiary/aromatic N) is 1. The number of hydrogen-bond acceptors (Lipinski definition) is 3. The lowest BCUT2D eigenvalue weighted by Crippen LogP contribution is -2.43. The lowest BCUT2D eigenvalue weighted by molar-refractivity contribution is -0.144. The summed E-state index contributed by atoms with van der Waals surface area (Å²) in [5, 5.41) is 0.672. The van der Waals surface area contributed by atoms with Crippen molar-refractivity contribution >= 4 is 29.2 Å². The van der Waals surface area contributed by atoms with Crippen molar-refractivity contribution in [2.45, 2.75) is 24.9 Å². The molecule has 0 radical (unpaired) electrons. The van der Waals surface area contributed by atoms with E-state index in [0.29, 0.717) is 17.9 Å². The molecule has 0 fully saturated rings. The summed E-state index contributed by atoms with van der Waals surface area (Å²) >= 11 is 6.18. The predicted molar refractivity (Wildman–Crippen MR) is 116 cm³/mol. The van der Waals surface area contributed by atoms with E-state index in [4.69, 9.17) is 16.3 Å². The van der Waals surface area contributed by atoms with Crippen molar-refractivity contribution in [1.29, 1.82) is 0 Å². The first-order chi connectivity index (χ1) is 14.6. The molecule has 0 saturated carbocycles. The van der Waals surface area contributed by atoms with Crippen LogP contribution in [0.1, 0.15) is 22.3 Å². The molecule has 1 amide bonds. The number of rotatable bonds is 4. The SMILES string of the molecule is O=C(CN1C(=O)C2(Cc3ccc(Cl)cc3C2)c2ccccc21)OCc1ccccc1. The highest BCUT2D eigenvalue weighted by atomic mass is 35.5. The van der Waals surface area contributed by atoms with E-state index in [1.807, 2.05) is 72.8 Å². The average molecular weight is 418 g/mol. The first-order valence-electron chi connectivity index (χ1n) is 9.95. The van der Waals surface area contributed by atoms with Gasteiger partial charge in [-0.3, -0.25) is 9.59 Å². The third kappa shape index (κ3) is 3.08. The Morgan fingerprint density at radius 1 is 0.967 bits per heavy atom. The molecule has 1 atom stereocenters. The van der Waals surface area contributed by atoms with Crippen molar-refractivity contribution in [3.8, 4) is 0 Å². The van der Waals surface area contributed by atoms with Crippen LogP contribution in [0.3, 0.4) is 0 Å². The van der Waals surface area contributed by atoms with Crippen LogP contribution in [0.4, 0.5) is 5.69 Å². The quantitative estimate of drug-likeness (QED) is 0.588. The molecule has 1 unspecified atom stereocenters. The Balaban J connectivity index is 1.40. The molecule has 1 heterocycles. The standard InChI is InChI=1S/C25H20ClNO3/c26-20-11-10-18-13-25(14-19(18)12-20)21-8-4-5-9-22(21)27(24(25)29)15-23(28)30-16-17-6-2-1-3-7-17/h1-12H,13-16H2. The number of para-hydroxylation sites is 1. The van der Waals surface area contributed by atoms with E-state index in [1.54, 1.807) is 4.90 Å². The Morgan fingerprint density at radius 2 is 1.70 bits per heavy atom. The van der Waals surface area contributed by atoms with Gasteiger partial charge in [-0.1, -0.05) is 66.2 Å². The van der Waals surface area contributed by atoms with Crippen LogP contribution in [-0.2, 0) is 39.2 Å². The number of amides is 1. The fourth-order valence-electron chi connectivity index (χ4n) is 4.65. The van der Waals surface area contributed by atoms with Gasteiger partial charge in [0.2, 0.25) is 5.91 Å². The maximum Gasteiger partial charge on any atom is 0.326 e. The van der Waals surface area contributed by atoms with Gasteiger partial charge in [-0.25, -0.2) is 0 Å². The van der Waals surface area contributed by atoms with Gasteiger partial charge in [-0.15, -0.1) is 0 Å². The van der Waals surface area contributed by atoms with Crippen molar-refractivity contribution in [3.05, 3.63) is 100 Å². The number of carbonyl (C=O) groups is 2. The molecule has 0 bridgehead atoms. The monoisotopic (exact) mass is 417 g/mol. The third-order valence-corrected chi connectivity index (χ3v) is 6.28. The van der Waals surface area contributed by atoms with Crippen molar-refractivity contribution in [1.82, 2.24) is 0 Å². The van der Waals surface area contributed by atoms with Crippen molar-refractivity contribution in [2.75, 3.05) is 11.4 Å². The molecule has 0 aromatic heterocycles. The molecule has 0 saturated heterocycles. The van der Waals surface area contributed by atoms with Crippen LogP contribution in [0, 0.1) is 0 Å². The molecule has 150 valence electrons. The zero-order chi connectivity index (χ0) is 20.7. The van der Waals surface area contributed by atoms with E-state index in [9.17, 15) is 9.59 Å². The number of hydrogen-bond donors (Lipinski definition) is 0. The van der Waals surface area contributed by atoms with E-state index in [2.05, 4.69) is 0 Å². The molecule has 2 aliphatic rings. The van der Waals surface area contributed by atoms with Gasteiger partial charge in [-0.05, 0) is 53.3 Å². The summed E-state index contributed by atoms with van der Waals surface area (Å²) in [6.07, 6.45) is 1.21. The normalized spacial score (nSPS) is 19.1. The minimum absolute atomic E-state index is 0.0484. The first kappa shape index (κ1) is 18.9. The highest BCUT2D eigenvalue weighted by molar-refractivity contribution is 6.30. The molecule has 30 heavy (non-hydrogen) atoms. The smallest absolute Gasteiger partial charge is 0.326 e. The highest BCUT2D eigenvalue weighted by Gasteiger charge is 2.54. The lowest BCUT2D eigenvalue weighted by Gasteiger charge is -2.23. The predicted octanol–water partition coefficient (Wildman–Crippen LogP) is 4.47. The van der Waals surface area contributed by atoms with E-state index in [0.717, 1.165) is 27.9 Å². The third-order valence-electron chi connectivity index (χ3n) is 6.05. The molecule has 4 nitrogen and oxygen atoms in total. The zero-order valence-corrected chi connectivity index (χ0v) is 17.1. The summed E-state index contributed by atoms with van der Waals surface area (Å²) in [5.74, 6) is -0.467. The lowest BCUT2D eigenvalue weighted by atomic mass is 9.79. The molecular weight excluding hydrogens is 398 g/mol. The van der Waals surface area contributed by atoms with Crippen LogP contribution in [0.5, 0.6) is 0 Å². The van der Waals surface area contributed by atoms with Gasteiger partial charge in [0.1, 0.15) is 13.2 Å². The summed E-state index contributed by atoms with van der Waals surface area (Å²) in [5.41, 5.74) is 4.23. The minimum Gasteiger partial charge on any atom is -0.459 e. The van der Waals surface area contributed by atoms with Gasteiger partial charge in [0.15, 0.2) is 0 Å². The molecular formula is C25H20ClNO3. The molecule has 5 heteroatoms.